The Labute approximate surface area is 120 Å². The number of likely N-dealkylation sites (N-methyl/N-ethyl adjacent to an activating group) is 2. The second kappa shape index (κ2) is 7.09. The van der Waals surface area contributed by atoms with E-state index in [4.69, 9.17) is 0 Å². The normalized spacial score (nSPS) is 11.1. The predicted molar refractivity (Wildman–Crippen MR) is 73.2 cm³/mol. The molecule has 0 saturated heterocycles. The molecule has 0 fully saturated rings. The van der Waals surface area contributed by atoms with Crippen molar-refractivity contribution in [1.29, 1.82) is 0 Å². The lowest BCUT2D eigenvalue weighted by atomic mass is 10.3. The van der Waals surface area contributed by atoms with Crippen molar-refractivity contribution in [2.75, 3.05) is 37.4 Å². The maximum atomic E-state index is 12.8. The summed E-state index contributed by atoms with van der Waals surface area (Å²) in [6.07, 6.45) is -3.85. The summed E-state index contributed by atoms with van der Waals surface area (Å²) in [5.41, 5.74) is -1.05. The number of nitrogens with one attached hydrogen (secondary N) is 2. The molecule has 0 radical (unpaired) electrons. The first-order valence-electron chi connectivity index (χ1n) is 6.39. The van der Waals surface area contributed by atoms with Crippen LogP contribution in [0.25, 0.3) is 0 Å². The largest absolute Gasteiger partial charge is 0.433 e. The minimum Gasteiger partial charge on any atom is -0.358 e. The molecule has 118 valence electrons. The second-order valence-electron chi connectivity index (χ2n) is 4.39. The Hall–Kier alpha value is -2.06. The molecule has 0 spiro atoms. The maximum Gasteiger partial charge on any atom is 0.433 e. The fraction of sp³-hybridized carbons (Fsp3) is 0.583. The minimum atomic E-state index is -4.58. The first-order valence-corrected chi connectivity index (χ1v) is 6.39. The van der Waals surface area contributed by atoms with Gasteiger partial charge < -0.3 is 15.5 Å². The molecule has 0 aromatic carbocycles. The number of carbonyl (C=O) groups is 1. The van der Waals surface area contributed by atoms with Crippen molar-refractivity contribution in [2.24, 2.45) is 0 Å². The monoisotopic (exact) mass is 305 g/mol. The molecular weight excluding hydrogens is 287 g/mol. The number of halogens is 3. The van der Waals surface area contributed by atoms with Crippen LogP contribution in [0.1, 0.15) is 19.0 Å². The van der Waals surface area contributed by atoms with Gasteiger partial charge in [-0.1, -0.05) is 6.92 Å². The zero-order valence-electron chi connectivity index (χ0n) is 12.1. The van der Waals surface area contributed by atoms with Gasteiger partial charge in [-0.05, 0) is 6.42 Å². The Bertz CT molecular complexity index is 492. The van der Waals surface area contributed by atoms with Crippen LogP contribution >= 0.6 is 0 Å². The van der Waals surface area contributed by atoms with Crippen molar-refractivity contribution >= 4 is 17.7 Å². The molecule has 21 heavy (non-hydrogen) atoms. The highest BCUT2D eigenvalue weighted by molar-refractivity contribution is 5.80. The summed E-state index contributed by atoms with van der Waals surface area (Å²) in [4.78, 5) is 20.1. The van der Waals surface area contributed by atoms with E-state index < -0.39 is 11.9 Å². The van der Waals surface area contributed by atoms with Gasteiger partial charge in [0.1, 0.15) is 5.82 Å². The molecule has 1 amide bonds. The number of nitrogens with zero attached hydrogens (tertiary/aromatic N) is 3. The fourth-order valence-corrected chi connectivity index (χ4v) is 1.47. The van der Waals surface area contributed by atoms with E-state index in [2.05, 4.69) is 20.6 Å². The van der Waals surface area contributed by atoms with E-state index in [9.17, 15) is 18.0 Å². The predicted octanol–water partition coefficient (Wildman–Crippen LogP) is 1.50. The molecule has 1 rings (SSSR count). The van der Waals surface area contributed by atoms with Gasteiger partial charge in [0, 0.05) is 26.7 Å². The molecule has 0 aliphatic carbocycles. The first kappa shape index (κ1) is 17.0. The fourth-order valence-electron chi connectivity index (χ4n) is 1.47. The third-order valence-corrected chi connectivity index (χ3v) is 2.59. The van der Waals surface area contributed by atoms with Crippen molar-refractivity contribution in [1.82, 2.24) is 15.3 Å². The van der Waals surface area contributed by atoms with Crippen molar-refractivity contribution in [3.63, 3.8) is 0 Å². The molecule has 6 nitrogen and oxygen atoms in total. The number of aromatic nitrogens is 2. The van der Waals surface area contributed by atoms with Crippen LogP contribution in [0.4, 0.5) is 24.9 Å². The van der Waals surface area contributed by atoms with Gasteiger partial charge in [0.15, 0.2) is 5.69 Å². The topological polar surface area (TPSA) is 70.2 Å². The average Bonchev–Trinajstić information content (AvgIpc) is 2.43. The first-order chi connectivity index (χ1) is 9.77. The summed E-state index contributed by atoms with van der Waals surface area (Å²) in [5, 5.41) is 5.12. The number of hydrogen-bond acceptors (Lipinski definition) is 5. The number of carbonyl (C=O) groups excluding carboxylic acids is 1. The van der Waals surface area contributed by atoms with Crippen molar-refractivity contribution in [3.8, 4) is 0 Å². The van der Waals surface area contributed by atoms with Gasteiger partial charge in [-0.3, -0.25) is 4.79 Å². The molecule has 1 heterocycles. The van der Waals surface area contributed by atoms with Crippen LogP contribution in [0.5, 0.6) is 0 Å². The Balaban J connectivity index is 3.09. The molecule has 1 aromatic rings. The quantitative estimate of drug-likeness (QED) is 0.833. The third-order valence-electron chi connectivity index (χ3n) is 2.59. The number of hydrogen-bond donors (Lipinski definition) is 2. The molecular formula is C12H18F3N5O. The summed E-state index contributed by atoms with van der Waals surface area (Å²) >= 11 is 0. The zero-order chi connectivity index (χ0) is 16.0. The van der Waals surface area contributed by atoms with Crippen LogP contribution in [-0.4, -0.2) is 43.1 Å². The van der Waals surface area contributed by atoms with E-state index in [1.165, 1.54) is 19.0 Å². The highest BCUT2D eigenvalue weighted by atomic mass is 19.4. The summed E-state index contributed by atoms with van der Waals surface area (Å²) in [5.74, 6) is -0.405. The molecule has 0 aliphatic rings. The van der Waals surface area contributed by atoms with Gasteiger partial charge in [-0.2, -0.15) is 18.2 Å². The van der Waals surface area contributed by atoms with Gasteiger partial charge in [0.25, 0.3) is 0 Å². The lowest BCUT2D eigenvalue weighted by Crippen LogP contribution is -2.33. The Morgan fingerprint density at radius 2 is 2.05 bits per heavy atom. The molecule has 0 saturated carbocycles. The van der Waals surface area contributed by atoms with Crippen LogP contribution in [0.15, 0.2) is 6.07 Å². The van der Waals surface area contributed by atoms with Crippen molar-refractivity contribution in [2.45, 2.75) is 19.5 Å². The van der Waals surface area contributed by atoms with E-state index in [-0.39, 0.29) is 24.2 Å². The molecule has 0 unspecified atom stereocenters. The van der Waals surface area contributed by atoms with E-state index in [0.717, 1.165) is 12.5 Å². The van der Waals surface area contributed by atoms with Crippen LogP contribution in [0.3, 0.4) is 0 Å². The third kappa shape index (κ3) is 5.09. The smallest absolute Gasteiger partial charge is 0.358 e. The molecule has 1 aromatic heterocycles. The van der Waals surface area contributed by atoms with E-state index in [1.54, 1.807) is 0 Å². The van der Waals surface area contributed by atoms with E-state index in [1.807, 2.05) is 6.92 Å². The lowest BCUT2D eigenvalue weighted by molar-refractivity contribution is -0.141. The van der Waals surface area contributed by atoms with Crippen molar-refractivity contribution in [3.05, 3.63) is 11.8 Å². The summed E-state index contributed by atoms with van der Waals surface area (Å²) in [6, 6.07) is 0.820. The number of alkyl halides is 3. The van der Waals surface area contributed by atoms with Crippen LogP contribution in [-0.2, 0) is 11.0 Å². The van der Waals surface area contributed by atoms with Crippen LogP contribution < -0.4 is 15.5 Å². The van der Waals surface area contributed by atoms with Gasteiger partial charge in [0.2, 0.25) is 11.9 Å². The minimum absolute atomic E-state index is 0.0273. The van der Waals surface area contributed by atoms with E-state index >= 15 is 0 Å². The number of rotatable bonds is 6. The lowest BCUT2D eigenvalue weighted by Gasteiger charge is -2.19. The average molecular weight is 305 g/mol. The van der Waals surface area contributed by atoms with Crippen molar-refractivity contribution < 1.29 is 18.0 Å². The van der Waals surface area contributed by atoms with Crippen LogP contribution in [0, 0.1) is 0 Å². The zero-order valence-corrected chi connectivity index (χ0v) is 12.1. The molecule has 0 aliphatic heterocycles. The molecule has 0 bridgehead atoms. The molecule has 9 heteroatoms. The highest BCUT2D eigenvalue weighted by Gasteiger charge is 2.34. The Kier molecular flexibility index (Phi) is 5.74. The number of amides is 1. The number of anilines is 2. The Morgan fingerprint density at radius 1 is 1.38 bits per heavy atom. The maximum absolute atomic E-state index is 12.8. The van der Waals surface area contributed by atoms with Gasteiger partial charge >= 0.3 is 6.18 Å². The van der Waals surface area contributed by atoms with E-state index in [0.29, 0.717) is 6.54 Å². The van der Waals surface area contributed by atoms with Gasteiger partial charge in [0.05, 0.1) is 6.54 Å². The SMILES string of the molecule is CCCNc1nc(N(C)CC(=O)NC)cc(C(F)(F)F)n1. The molecule has 0 atom stereocenters. The van der Waals surface area contributed by atoms with Crippen LogP contribution in [0.2, 0.25) is 0 Å². The summed E-state index contributed by atoms with van der Waals surface area (Å²) in [6.45, 7) is 2.23. The highest BCUT2D eigenvalue weighted by Crippen LogP contribution is 2.30. The molecule has 2 N–H and O–H groups in total. The summed E-state index contributed by atoms with van der Waals surface area (Å²) in [7, 11) is 2.94. The Morgan fingerprint density at radius 3 is 2.57 bits per heavy atom. The van der Waals surface area contributed by atoms with Gasteiger partial charge in [-0.25, -0.2) is 4.98 Å². The second-order valence-corrected chi connectivity index (χ2v) is 4.39. The van der Waals surface area contributed by atoms with Gasteiger partial charge in [-0.15, -0.1) is 0 Å². The standard InChI is InChI=1S/C12H18F3N5O/c1-4-5-17-11-18-8(12(13,14)15)6-9(19-11)20(3)7-10(21)16-2/h6H,4-5,7H2,1-3H3,(H,16,21)(H,17,18,19). The summed E-state index contributed by atoms with van der Waals surface area (Å²) < 4.78 is 38.5.